The van der Waals surface area contributed by atoms with Gasteiger partial charge in [0.05, 0.1) is 13.2 Å². The molecule has 0 amide bonds. The Kier molecular flexibility index (Phi) is 4.42. The molecular weight excluding hydrogens is 240 g/mol. The number of nitrogens with one attached hydrogen (secondary N) is 1. The van der Waals surface area contributed by atoms with Crippen molar-refractivity contribution in [2.75, 3.05) is 39.9 Å². The Labute approximate surface area is 116 Å². The number of ether oxygens (including phenoxy) is 2. The highest BCUT2D eigenvalue weighted by Gasteiger charge is 2.41. The molecule has 110 valence electrons. The Bertz CT molecular complexity index is 276. The summed E-state index contributed by atoms with van der Waals surface area (Å²) in [4.78, 5) is 2.58. The van der Waals surface area contributed by atoms with E-state index in [4.69, 9.17) is 9.47 Å². The molecule has 2 heterocycles. The number of nitrogens with zero attached hydrogens (tertiary/aromatic N) is 1. The maximum absolute atomic E-state index is 5.81. The highest BCUT2D eigenvalue weighted by Crippen LogP contribution is 2.37. The highest BCUT2D eigenvalue weighted by molar-refractivity contribution is 4.87. The van der Waals surface area contributed by atoms with Crippen LogP contribution in [0.5, 0.6) is 0 Å². The Morgan fingerprint density at radius 3 is 2.53 bits per heavy atom. The van der Waals surface area contributed by atoms with Crippen molar-refractivity contribution < 1.29 is 9.47 Å². The van der Waals surface area contributed by atoms with Gasteiger partial charge in [-0.2, -0.15) is 0 Å². The van der Waals surface area contributed by atoms with E-state index in [2.05, 4.69) is 17.3 Å². The second kappa shape index (κ2) is 6.08. The summed E-state index contributed by atoms with van der Waals surface area (Å²) in [5.41, 5.74) is 0. The zero-order valence-electron chi connectivity index (χ0n) is 12.2. The van der Waals surface area contributed by atoms with Crippen molar-refractivity contribution in [1.82, 2.24) is 10.2 Å². The predicted octanol–water partition coefficient (Wildman–Crippen LogP) is 1.60. The fourth-order valence-corrected chi connectivity index (χ4v) is 3.91. The highest BCUT2D eigenvalue weighted by atomic mass is 16.7. The molecule has 19 heavy (non-hydrogen) atoms. The Morgan fingerprint density at radius 2 is 1.89 bits per heavy atom. The fourth-order valence-electron chi connectivity index (χ4n) is 3.91. The van der Waals surface area contributed by atoms with Gasteiger partial charge in [-0.15, -0.1) is 0 Å². The molecule has 3 fully saturated rings. The Balaban J connectivity index is 1.44. The number of piperidine rings is 1. The van der Waals surface area contributed by atoms with E-state index in [9.17, 15) is 0 Å². The SMILES string of the molecule is CN(CC1CCCNC1)C1CCC2(CC1)OCCO2. The van der Waals surface area contributed by atoms with Gasteiger partial charge in [-0.1, -0.05) is 0 Å². The lowest BCUT2D eigenvalue weighted by molar-refractivity contribution is -0.183. The second-order valence-corrected chi connectivity index (χ2v) is 6.49. The molecule has 4 heteroatoms. The van der Waals surface area contributed by atoms with Crippen LogP contribution in [0.15, 0.2) is 0 Å². The van der Waals surface area contributed by atoms with Crippen molar-refractivity contribution in [1.29, 1.82) is 0 Å². The molecule has 0 aromatic heterocycles. The molecule has 1 saturated carbocycles. The lowest BCUT2D eigenvalue weighted by Gasteiger charge is -2.40. The molecule has 4 nitrogen and oxygen atoms in total. The van der Waals surface area contributed by atoms with E-state index >= 15 is 0 Å². The van der Waals surface area contributed by atoms with E-state index in [0.29, 0.717) is 0 Å². The first-order chi connectivity index (χ1) is 9.27. The first-order valence-electron chi connectivity index (χ1n) is 7.96. The quantitative estimate of drug-likeness (QED) is 0.843. The summed E-state index contributed by atoms with van der Waals surface area (Å²) < 4.78 is 11.6. The van der Waals surface area contributed by atoms with Gasteiger partial charge < -0.3 is 19.7 Å². The van der Waals surface area contributed by atoms with Gasteiger partial charge in [-0.25, -0.2) is 0 Å². The van der Waals surface area contributed by atoms with Crippen molar-refractivity contribution >= 4 is 0 Å². The minimum atomic E-state index is -0.205. The van der Waals surface area contributed by atoms with E-state index in [-0.39, 0.29) is 5.79 Å². The minimum absolute atomic E-state index is 0.205. The van der Waals surface area contributed by atoms with E-state index < -0.39 is 0 Å². The van der Waals surface area contributed by atoms with Crippen LogP contribution in [-0.2, 0) is 9.47 Å². The third-order valence-corrected chi connectivity index (χ3v) is 5.10. The normalized spacial score (nSPS) is 32.2. The molecule has 1 spiro atoms. The Morgan fingerprint density at radius 1 is 1.16 bits per heavy atom. The number of rotatable bonds is 3. The van der Waals surface area contributed by atoms with Crippen LogP contribution in [0.1, 0.15) is 38.5 Å². The van der Waals surface area contributed by atoms with Crippen molar-refractivity contribution in [3.05, 3.63) is 0 Å². The zero-order valence-corrected chi connectivity index (χ0v) is 12.2. The molecule has 3 rings (SSSR count). The number of hydrogen-bond donors (Lipinski definition) is 1. The lowest BCUT2D eigenvalue weighted by Crippen LogP contribution is -2.45. The van der Waals surface area contributed by atoms with E-state index in [1.165, 1.54) is 45.3 Å². The molecule has 0 aromatic carbocycles. The van der Waals surface area contributed by atoms with Gasteiger partial charge in [0.2, 0.25) is 0 Å². The molecule has 1 aliphatic carbocycles. The summed E-state index contributed by atoms with van der Waals surface area (Å²) in [5, 5.41) is 3.52. The van der Waals surface area contributed by atoms with E-state index in [0.717, 1.165) is 38.0 Å². The van der Waals surface area contributed by atoms with Gasteiger partial charge in [0, 0.05) is 25.4 Å². The van der Waals surface area contributed by atoms with Gasteiger partial charge in [-0.05, 0) is 51.7 Å². The molecule has 0 bridgehead atoms. The lowest BCUT2D eigenvalue weighted by atomic mass is 9.88. The molecule has 1 N–H and O–H groups in total. The number of hydrogen-bond acceptors (Lipinski definition) is 4. The van der Waals surface area contributed by atoms with Crippen LogP contribution in [0.25, 0.3) is 0 Å². The minimum Gasteiger partial charge on any atom is -0.348 e. The summed E-state index contributed by atoms with van der Waals surface area (Å²) >= 11 is 0. The molecular formula is C15H28N2O2. The largest absolute Gasteiger partial charge is 0.348 e. The molecule has 1 unspecified atom stereocenters. The molecule has 1 atom stereocenters. The van der Waals surface area contributed by atoms with E-state index in [1.807, 2.05) is 0 Å². The molecule has 3 aliphatic rings. The second-order valence-electron chi connectivity index (χ2n) is 6.49. The molecule has 2 aliphatic heterocycles. The van der Waals surface area contributed by atoms with Crippen LogP contribution in [0, 0.1) is 5.92 Å². The van der Waals surface area contributed by atoms with Gasteiger partial charge in [0.1, 0.15) is 0 Å². The molecule has 0 radical (unpaired) electrons. The van der Waals surface area contributed by atoms with Gasteiger partial charge in [0.15, 0.2) is 5.79 Å². The summed E-state index contributed by atoms with van der Waals surface area (Å²) in [6.45, 7) is 5.23. The van der Waals surface area contributed by atoms with Crippen LogP contribution in [0.4, 0.5) is 0 Å². The van der Waals surface area contributed by atoms with Gasteiger partial charge in [0.25, 0.3) is 0 Å². The van der Waals surface area contributed by atoms with Crippen molar-refractivity contribution in [3.8, 4) is 0 Å². The van der Waals surface area contributed by atoms with Crippen LogP contribution in [0.2, 0.25) is 0 Å². The first kappa shape index (κ1) is 13.8. The molecule has 2 saturated heterocycles. The van der Waals surface area contributed by atoms with Crippen molar-refractivity contribution in [3.63, 3.8) is 0 Å². The average Bonchev–Trinajstić information content (AvgIpc) is 2.89. The maximum Gasteiger partial charge on any atom is 0.168 e. The summed E-state index contributed by atoms with van der Waals surface area (Å²) in [6.07, 6.45) is 7.32. The van der Waals surface area contributed by atoms with Crippen molar-refractivity contribution in [2.24, 2.45) is 5.92 Å². The summed E-state index contributed by atoms with van der Waals surface area (Å²) in [5.74, 6) is 0.637. The summed E-state index contributed by atoms with van der Waals surface area (Å²) in [7, 11) is 2.30. The third kappa shape index (κ3) is 3.30. The summed E-state index contributed by atoms with van der Waals surface area (Å²) in [6, 6.07) is 0.723. The fraction of sp³-hybridized carbons (Fsp3) is 1.00. The standard InChI is InChI=1S/C15H28N2O2/c1-17(12-13-3-2-8-16-11-13)14-4-6-15(7-5-14)18-9-10-19-15/h13-14,16H,2-12H2,1H3. The van der Waals surface area contributed by atoms with Gasteiger partial charge in [-0.3, -0.25) is 0 Å². The predicted molar refractivity (Wildman–Crippen MR) is 75.1 cm³/mol. The van der Waals surface area contributed by atoms with Crippen molar-refractivity contribution in [2.45, 2.75) is 50.4 Å². The zero-order chi connectivity index (χ0) is 13.1. The van der Waals surface area contributed by atoms with Gasteiger partial charge >= 0.3 is 0 Å². The smallest absolute Gasteiger partial charge is 0.168 e. The van der Waals surface area contributed by atoms with Crippen LogP contribution < -0.4 is 5.32 Å². The topological polar surface area (TPSA) is 33.7 Å². The Hall–Kier alpha value is -0.160. The molecule has 0 aromatic rings. The monoisotopic (exact) mass is 268 g/mol. The third-order valence-electron chi connectivity index (χ3n) is 5.10. The maximum atomic E-state index is 5.81. The first-order valence-corrected chi connectivity index (χ1v) is 7.96. The average molecular weight is 268 g/mol. The van der Waals surface area contributed by atoms with E-state index in [1.54, 1.807) is 0 Å². The van der Waals surface area contributed by atoms with Crippen LogP contribution in [-0.4, -0.2) is 56.6 Å². The van der Waals surface area contributed by atoms with Crippen LogP contribution in [0.3, 0.4) is 0 Å². The van der Waals surface area contributed by atoms with Crippen LogP contribution >= 0.6 is 0 Å².